The van der Waals surface area contributed by atoms with Gasteiger partial charge in [0.25, 0.3) is 0 Å². The SMILES string of the molecule is COc1ccc(/C=C(\C#N)C[C@H](C#N)c2ccc(OC)cc2)cc1. The van der Waals surface area contributed by atoms with Gasteiger partial charge in [0.2, 0.25) is 0 Å². The standard InChI is InChI=1S/C20H18N2O2/c1-23-19-7-3-15(4-8-19)11-16(13-21)12-18(14-22)17-5-9-20(24-2)10-6-17/h3-11,18H,12H2,1-2H3/b16-11-/t18-/m1/s1. The normalized spacial score (nSPS) is 11.9. The second-order valence-electron chi connectivity index (χ2n) is 5.21. The number of nitriles is 2. The van der Waals surface area contributed by atoms with E-state index in [1.807, 2.05) is 48.5 Å². The molecule has 120 valence electrons. The molecule has 0 saturated carbocycles. The minimum Gasteiger partial charge on any atom is -0.497 e. The summed E-state index contributed by atoms with van der Waals surface area (Å²) in [5, 5.41) is 18.8. The van der Waals surface area contributed by atoms with Crippen molar-refractivity contribution in [2.24, 2.45) is 0 Å². The van der Waals surface area contributed by atoms with Crippen LogP contribution in [0.2, 0.25) is 0 Å². The zero-order chi connectivity index (χ0) is 17.4. The van der Waals surface area contributed by atoms with E-state index in [1.54, 1.807) is 20.3 Å². The van der Waals surface area contributed by atoms with Gasteiger partial charge in [-0.3, -0.25) is 0 Å². The van der Waals surface area contributed by atoms with Gasteiger partial charge in [-0.1, -0.05) is 24.3 Å². The van der Waals surface area contributed by atoms with E-state index >= 15 is 0 Å². The third-order valence-corrected chi connectivity index (χ3v) is 3.70. The molecule has 0 bridgehead atoms. The van der Waals surface area contributed by atoms with E-state index in [-0.39, 0.29) is 5.92 Å². The van der Waals surface area contributed by atoms with Crippen molar-refractivity contribution in [3.63, 3.8) is 0 Å². The Balaban J connectivity index is 2.18. The van der Waals surface area contributed by atoms with Gasteiger partial charge >= 0.3 is 0 Å². The van der Waals surface area contributed by atoms with Crippen LogP contribution in [0, 0.1) is 22.7 Å². The Morgan fingerprint density at radius 2 is 1.50 bits per heavy atom. The van der Waals surface area contributed by atoms with Gasteiger partial charge in [0, 0.05) is 12.0 Å². The molecule has 0 saturated heterocycles. The second kappa shape index (κ2) is 8.41. The van der Waals surface area contributed by atoms with Crippen molar-refractivity contribution in [2.75, 3.05) is 14.2 Å². The van der Waals surface area contributed by atoms with Crippen molar-refractivity contribution >= 4 is 6.08 Å². The highest BCUT2D eigenvalue weighted by Gasteiger charge is 2.13. The van der Waals surface area contributed by atoms with Gasteiger partial charge in [0.05, 0.1) is 32.3 Å². The number of methoxy groups -OCH3 is 2. The Morgan fingerprint density at radius 3 is 1.96 bits per heavy atom. The third kappa shape index (κ3) is 4.38. The Kier molecular flexibility index (Phi) is 6.00. The van der Waals surface area contributed by atoms with Gasteiger partial charge in [0.15, 0.2) is 0 Å². The molecule has 0 aliphatic heterocycles. The lowest BCUT2D eigenvalue weighted by Crippen LogP contribution is -1.98. The average molecular weight is 318 g/mol. The fraction of sp³-hybridized carbons (Fsp3) is 0.200. The monoisotopic (exact) mass is 318 g/mol. The molecule has 0 aliphatic rings. The van der Waals surface area contributed by atoms with Crippen molar-refractivity contribution in [1.29, 1.82) is 10.5 Å². The summed E-state index contributed by atoms with van der Waals surface area (Å²) in [6.07, 6.45) is 2.17. The van der Waals surface area contributed by atoms with Crippen molar-refractivity contribution in [1.82, 2.24) is 0 Å². The molecule has 4 nitrogen and oxygen atoms in total. The van der Waals surface area contributed by atoms with Gasteiger partial charge in [0.1, 0.15) is 11.5 Å². The molecule has 0 radical (unpaired) electrons. The predicted molar refractivity (Wildman–Crippen MR) is 92.5 cm³/mol. The Labute approximate surface area is 142 Å². The van der Waals surface area contributed by atoms with E-state index in [2.05, 4.69) is 12.1 Å². The van der Waals surface area contributed by atoms with Gasteiger partial charge < -0.3 is 9.47 Å². The van der Waals surface area contributed by atoms with Crippen molar-refractivity contribution in [3.8, 4) is 23.6 Å². The number of ether oxygens (including phenoxy) is 2. The summed E-state index contributed by atoms with van der Waals surface area (Å²) in [5.74, 6) is 1.13. The van der Waals surface area contributed by atoms with Crippen LogP contribution in [0.25, 0.3) is 6.08 Å². The molecule has 4 heteroatoms. The van der Waals surface area contributed by atoms with Crippen molar-refractivity contribution in [2.45, 2.75) is 12.3 Å². The lowest BCUT2D eigenvalue weighted by molar-refractivity contribution is 0.414. The predicted octanol–water partition coefficient (Wildman–Crippen LogP) is 4.31. The summed E-state index contributed by atoms with van der Waals surface area (Å²) < 4.78 is 10.2. The fourth-order valence-corrected chi connectivity index (χ4v) is 2.33. The molecular weight excluding hydrogens is 300 g/mol. The summed E-state index contributed by atoms with van der Waals surface area (Å²) >= 11 is 0. The Bertz CT molecular complexity index is 778. The molecule has 0 spiro atoms. The summed E-state index contributed by atoms with van der Waals surface area (Å²) in [7, 11) is 3.21. The van der Waals surface area contributed by atoms with E-state index in [0.717, 1.165) is 22.6 Å². The number of allylic oxidation sites excluding steroid dienone is 1. The van der Waals surface area contributed by atoms with Crippen LogP contribution < -0.4 is 9.47 Å². The maximum absolute atomic E-state index is 9.45. The minimum absolute atomic E-state index is 0.366. The zero-order valence-corrected chi connectivity index (χ0v) is 13.7. The third-order valence-electron chi connectivity index (χ3n) is 3.70. The van der Waals surface area contributed by atoms with Gasteiger partial charge in [-0.25, -0.2) is 0 Å². The maximum atomic E-state index is 9.45. The molecule has 2 aromatic rings. The molecule has 1 atom stereocenters. The van der Waals surface area contributed by atoms with Crippen LogP contribution in [0.4, 0.5) is 0 Å². The first-order valence-corrected chi connectivity index (χ1v) is 7.48. The van der Waals surface area contributed by atoms with E-state index in [4.69, 9.17) is 9.47 Å². The number of hydrogen-bond donors (Lipinski definition) is 0. The molecule has 0 aliphatic carbocycles. The number of benzene rings is 2. The maximum Gasteiger partial charge on any atom is 0.118 e. The lowest BCUT2D eigenvalue weighted by atomic mass is 9.92. The molecule has 0 heterocycles. The molecule has 24 heavy (non-hydrogen) atoms. The van der Waals surface area contributed by atoms with E-state index in [9.17, 15) is 10.5 Å². The first-order chi connectivity index (χ1) is 11.7. The quantitative estimate of drug-likeness (QED) is 0.744. The van der Waals surface area contributed by atoms with Gasteiger partial charge in [-0.2, -0.15) is 10.5 Å². The Hall–Kier alpha value is -3.24. The molecule has 2 aromatic carbocycles. The Morgan fingerprint density at radius 1 is 0.958 bits per heavy atom. The molecular formula is C20H18N2O2. The first kappa shape index (κ1) is 17.1. The van der Waals surface area contributed by atoms with Crippen LogP contribution in [0.1, 0.15) is 23.5 Å². The second-order valence-corrected chi connectivity index (χ2v) is 5.21. The first-order valence-electron chi connectivity index (χ1n) is 7.48. The van der Waals surface area contributed by atoms with Crippen LogP contribution in [-0.4, -0.2) is 14.2 Å². The largest absolute Gasteiger partial charge is 0.497 e. The number of hydrogen-bond acceptors (Lipinski definition) is 4. The van der Waals surface area contributed by atoms with Crippen molar-refractivity contribution in [3.05, 3.63) is 65.2 Å². The van der Waals surface area contributed by atoms with Crippen molar-refractivity contribution < 1.29 is 9.47 Å². The molecule has 0 N–H and O–H groups in total. The molecule has 0 fully saturated rings. The minimum atomic E-state index is -0.375. The lowest BCUT2D eigenvalue weighted by Gasteiger charge is -2.10. The van der Waals surface area contributed by atoms with Crippen LogP contribution >= 0.6 is 0 Å². The number of rotatable bonds is 6. The summed E-state index contributed by atoms with van der Waals surface area (Å²) in [6, 6.07) is 19.2. The van der Waals surface area contributed by atoms with Gasteiger partial charge in [-0.15, -0.1) is 0 Å². The summed E-state index contributed by atoms with van der Waals surface area (Å²) in [5.41, 5.74) is 2.33. The fourth-order valence-electron chi connectivity index (χ4n) is 2.33. The topological polar surface area (TPSA) is 66.0 Å². The highest BCUT2D eigenvalue weighted by atomic mass is 16.5. The van der Waals surface area contributed by atoms with E-state index in [0.29, 0.717) is 12.0 Å². The molecule has 0 amide bonds. The smallest absolute Gasteiger partial charge is 0.118 e. The molecule has 0 aromatic heterocycles. The highest BCUT2D eigenvalue weighted by molar-refractivity contribution is 5.58. The van der Waals surface area contributed by atoms with Crippen LogP contribution in [0.5, 0.6) is 11.5 Å². The van der Waals surface area contributed by atoms with E-state index in [1.165, 1.54) is 0 Å². The average Bonchev–Trinajstić information content (AvgIpc) is 2.65. The van der Waals surface area contributed by atoms with Gasteiger partial charge in [-0.05, 0) is 41.5 Å². The summed E-state index contributed by atoms with van der Waals surface area (Å²) in [6.45, 7) is 0. The van der Waals surface area contributed by atoms with Crippen LogP contribution in [0.3, 0.4) is 0 Å². The molecule has 2 rings (SSSR count). The molecule has 0 unspecified atom stereocenters. The number of nitrogens with zero attached hydrogens (tertiary/aromatic N) is 2. The summed E-state index contributed by atoms with van der Waals surface area (Å²) in [4.78, 5) is 0. The van der Waals surface area contributed by atoms with E-state index < -0.39 is 0 Å². The van der Waals surface area contributed by atoms with Crippen LogP contribution in [0.15, 0.2) is 54.1 Å². The van der Waals surface area contributed by atoms with Crippen LogP contribution in [-0.2, 0) is 0 Å². The zero-order valence-electron chi connectivity index (χ0n) is 13.7. The highest BCUT2D eigenvalue weighted by Crippen LogP contribution is 2.26.